The molecule has 3 nitrogen and oxygen atoms in total. The van der Waals surface area contributed by atoms with Crippen molar-refractivity contribution in [3.8, 4) is 5.75 Å². The Morgan fingerprint density at radius 3 is 2.67 bits per heavy atom. The first-order valence-electron chi connectivity index (χ1n) is 3.32. The summed E-state index contributed by atoms with van der Waals surface area (Å²) in [5, 5.41) is 9.16. The molecule has 0 amide bonds. The first-order chi connectivity index (χ1) is 5.54. The monoisotopic (exact) mass is 169 g/mol. The smallest absolute Gasteiger partial charge is 0.163 e. The molecule has 0 spiro atoms. The summed E-state index contributed by atoms with van der Waals surface area (Å²) < 4.78 is 12.6. The van der Waals surface area contributed by atoms with Crippen LogP contribution in [-0.4, -0.2) is 10.9 Å². The summed E-state index contributed by atoms with van der Waals surface area (Å²) in [5.74, 6) is -1.56. The number of ketones is 1. The second kappa shape index (κ2) is 2.81. The lowest BCUT2D eigenvalue weighted by atomic mass is 10.1. The van der Waals surface area contributed by atoms with Crippen molar-refractivity contribution in [2.24, 2.45) is 0 Å². The van der Waals surface area contributed by atoms with Crippen molar-refractivity contribution in [2.75, 3.05) is 5.73 Å². The molecule has 0 radical (unpaired) electrons. The summed E-state index contributed by atoms with van der Waals surface area (Å²) in [5.41, 5.74) is 4.79. The van der Waals surface area contributed by atoms with E-state index < -0.39 is 11.6 Å². The highest BCUT2D eigenvalue weighted by Crippen LogP contribution is 2.27. The van der Waals surface area contributed by atoms with Gasteiger partial charge in [0.1, 0.15) is 11.5 Å². The Morgan fingerprint density at radius 1 is 1.58 bits per heavy atom. The maximum absolute atomic E-state index is 12.6. The molecule has 4 heteroatoms. The van der Waals surface area contributed by atoms with Gasteiger partial charge in [0.15, 0.2) is 11.5 Å². The van der Waals surface area contributed by atoms with Gasteiger partial charge < -0.3 is 10.8 Å². The van der Waals surface area contributed by atoms with Crippen LogP contribution in [0.15, 0.2) is 12.1 Å². The third-order valence-corrected chi connectivity index (χ3v) is 1.54. The average molecular weight is 169 g/mol. The van der Waals surface area contributed by atoms with Gasteiger partial charge in [0.25, 0.3) is 0 Å². The van der Waals surface area contributed by atoms with Crippen LogP contribution in [0.5, 0.6) is 5.75 Å². The van der Waals surface area contributed by atoms with E-state index in [2.05, 4.69) is 0 Å². The molecule has 12 heavy (non-hydrogen) atoms. The first kappa shape index (κ1) is 8.52. The van der Waals surface area contributed by atoms with Crippen molar-refractivity contribution >= 4 is 11.5 Å². The Balaban J connectivity index is 3.36. The molecule has 1 aromatic carbocycles. The summed E-state index contributed by atoms with van der Waals surface area (Å²) in [6.07, 6.45) is 0. The van der Waals surface area contributed by atoms with Crippen LogP contribution in [0.25, 0.3) is 0 Å². The van der Waals surface area contributed by atoms with Crippen LogP contribution in [0.2, 0.25) is 0 Å². The maximum Gasteiger partial charge on any atom is 0.163 e. The third-order valence-electron chi connectivity index (χ3n) is 1.54. The molecule has 1 aromatic rings. The van der Waals surface area contributed by atoms with Gasteiger partial charge in [-0.15, -0.1) is 0 Å². The second-order valence-corrected chi connectivity index (χ2v) is 2.41. The highest BCUT2D eigenvalue weighted by atomic mass is 19.1. The minimum Gasteiger partial charge on any atom is -0.505 e. The number of phenols is 1. The lowest BCUT2D eigenvalue weighted by Gasteiger charge is -2.03. The van der Waals surface area contributed by atoms with Crippen LogP contribution in [-0.2, 0) is 0 Å². The number of anilines is 1. The minimum absolute atomic E-state index is 0.0360. The molecule has 0 bridgehead atoms. The standard InChI is InChI=1S/C8H8FNO2/c1-4(11)5-2-3-6(9)7(10)8(5)12/h2-3,12H,10H2,1H3. The van der Waals surface area contributed by atoms with Crippen LogP contribution in [0.1, 0.15) is 17.3 Å². The van der Waals surface area contributed by atoms with Gasteiger partial charge in [-0.1, -0.05) is 0 Å². The highest BCUT2D eigenvalue weighted by Gasteiger charge is 2.12. The number of nitrogen functional groups attached to an aromatic ring is 1. The molecule has 0 heterocycles. The molecule has 0 saturated carbocycles. The van der Waals surface area contributed by atoms with E-state index in [0.29, 0.717) is 0 Å². The van der Waals surface area contributed by atoms with Crippen LogP contribution < -0.4 is 5.73 Å². The fraction of sp³-hybridized carbons (Fsp3) is 0.125. The molecule has 0 aliphatic heterocycles. The van der Waals surface area contributed by atoms with Crippen LogP contribution in [0.3, 0.4) is 0 Å². The number of hydrogen-bond acceptors (Lipinski definition) is 3. The molecule has 3 N–H and O–H groups in total. The van der Waals surface area contributed by atoms with E-state index in [1.54, 1.807) is 0 Å². The zero-order valence-corrected chi connectivity index (χ0v) is 6.47. The number of phenolic OH excluding ortho intramolecular Hbond substituents is 1. The number of halogens is 1. The highest BCUT2D eigenvalue weighted by molar-refractivity contribution is 5.98. The normalized spacial score (nSPS) is 9.83. The van der Waals surface area contributed by atoms with Crippen molar-refractivity contribution in [1.82, 2.24) is 0 Å². The van der Waals surface area contributed by atoms with E-state index in [1.165, 1.54) is 13.0 Å². The molecular weight excluding hydrogens is 161 g/mol. The Morgan fingerprint density at radius 2 is 2.17 bits per heavy atom. The van der Waals surface area contributed by atoms with E-state index >= 15 is 0 Å². The van der Waals surface area contributed by atoms with E-state index in [0.717, 1.165) is 6.07 Å². The van der Waals surface area contributed by atoms with E-state index in [1.807, 2.05) is 0 Å². The van der Waals surface area contributed by atoms with Crippen LogP contribution >= 0.6 is 0 Å². The molecule has 0 atom stereocenters. The SMILES string of the molecule is CC(=O)c1ccc(F)c(N)c1O. The fourth-order valence-corrected chi connectivity index (χ4v) is 0.868. The number of nitrogens with two attached hydrogens (primary N) is 1. The van der Waals surface area contributed by atoms with Gasteiger partial charge in [0.05, 0.1) is 5.56 Å². The van der Waals surface area contributed by atoms with Gasteiger partial charge in [-0.2, -0.15) is 0 Å². The lowest BCUT2D eigenvalue weighted by Crippen LogP contribution is -1.98. The summed E-state index contributed by atoms with van der Waals surface area (Å²) in [6.45, 7) is 1.27. The first-order valence-corrected chi connectivity index (χ1v) is 3.32. The Bertz CT molecular complexity index is 336. The zero-order valence-electron chi connectivity index (χ0n) is 6.47. The molecule has 0 saturated heterocycles. The van der Waals surface area contributed by atoms with Crippen LogP contribution in [0.4, 0.5) is 10.1 Å². The van der Waals surface area contributed by atoms with Gasteiger partial charge in [-0.05, 0) is 19.1 Å². The molecule has 0 aliphatic rings. The number of carbonyl (C=O) groups is 1. The van der Waals surface area contributed by atoms with Gasteiger partial charge >= 0.3 is 0 Å². The molecule has 0 aliphatic carbocycles. The van der Waals surface area contributed by atoms with Crippen molar-refractivity contribution in [1.29, 1.82) is 0 Å². The second-order valence-electron chi connectivity index (χ2n) is 2.41. The van der Waals surface area contributed by atoms with Gasteiger partial charge in [-0.25, -0.2) is 4.39 Å². The summed E-state index contributed by atoms with van der Waals surface area (Å²) in [7, 11) is 0. The summed E-state index contributed by atoms with van der Waals surface area (Å²) in [6, 6.07) is 2.25. The molecule has 64 valence electrons. The van der Waals surface area contributed by atoms with E-state index in [9.17, 15) is 9.18 Å². The average Bonchev–Trinajstić information content (AvgIpc) is 2.00. The van der Waals surface area contributed by atoms with Gasteiger partial charge in [-0.3, -0.25) is 4.79 Å². The van der Waals surface area contributed by atoms with Crippen molar-refractivity contribution in [2.45, 2.75) is 6.92 Å². The predicted octanol–water partition coefficient (Wildman–Crippen LogP) is 1.32. The summed E-state index contributed by atoms with van der Waals surface area (Å²) in [4.78, 5) is 10.8. The lowest BCUT2D eigenvalue weighted by molar-refractivity contribution is 0.101. The molecular formula is C8H8FNO2. The minimum atomic E-state index is -0.725. The number of benzene rings is 1. The van der Waals surface area contributed by atoms with Gasteiger partial charge in [0, 0.05) is 0 Å². The van der Waals surface area contributed by atoms with Crippen LogP contribution in [0, 0.1) is 5.82 Å². The molecule has 0 unspecified atom stereocenters. The largest absolute Gasteiger partial charge is 0.505 e. The fourth-order valence-electron chi connectivity index (χ4n) is 0.868. The molecule has 1 rings (SSSR count). The maximum atomic E-state index is 12.6. The van der Waals surface area contributed by atoms with Crippen molar-refractivity contribution in [3.63, 3.8) is 0 Å². The summed E-state index contributed by atoms with van der Waals surface area (Å²) >= 11 is 0. The number of carbonyl (C=O) groups excluding carboxylic acids is 1. The molecule has 0 fully saturated rings. The zero-order chi connectivity index (χ0) is 9.30. The number of rotatable bonds is 1. The predicted molar refractivity (Wildman–Crippen MR) is 42.5 cm³/mol. The topological polar surface area (TPSA) is 63.3 Å². The van der Waals surface area contributed by atoms with Gasteiger partial charge in [0.2, 0.25) is 0 Å². The van der Waals surface area contributed by atoms with E-state index in [-0.39, 0.29) is 17.0 Å². The number of Topliss-reactive ketones (excluding diaryl/α,β-unsaturated/α-hetero) is 1. The Hall–Kier alpha value is -1.58. The Labute approximate surface area is 68.6 Å². The van der Waals surface area contributed by atoms with E-state index in [4.69, 9.17) is 10.8 Å². The Kier molecular flexibility index (Phi) is 1.99. The van der Waals surface area contributed by atoms with Crippen molar-refractivity contribution in [3.05, 3.63) is 23.5 Å². The molecule has 0 aromatic heterocycles. The number of hydrogen-bond donors (Lipinski definition) is 2. The van der Waals surface area contributed by atoms with Crippen molar-refractivity contribution < 1.29 is 14.3 Å². The number of aromatic hydroxyl groups is 1. The quantitative estimate of drug-likeness (QED) is 0.378. The third kappa shape index (κ3) is 1.23.